The van der Waals surface area contributed by atoms with E-state index < -0.39 is 0 Å². The van der Waals surface area contributed by atoms with E-state index >= 15 is 0 Å². The minimum atomic E-state index is 0.651. The molecular weight excluding hydrogens is 252 g/mol. The van der Waals surface area contributed by atoms with Gasteiger partial charge in [0.15, 0.2) is 0 Å². The summed E-state index contributed by atoms with van der Waals surface area (Å²) in [6.07, 6.45) is 2.48. The van der Waals surface area contributed by atoms with Crippen LogP contribution in [0, 0.1) is 11.6 Å². The van der Waals surface area contributed by atoms with Gasteiger partial charge in [-0.3, -0.25) is 0 Å². The molecule has 0 spiro atoms. The highest BCUT2D eigenvalue weighted by Crippen LogP contribution is 2.26. The zero-order valence-electron chi connectivity index (χ0n) is 9.75. The fourth-order valence-corrected chi connectivity index (χ4v) is 2.24. The number of H-pyrrole nitrogens is 1. The molecule has 1 N–H and O–H groups in total. The van der Waals surface area contributed by atoms with Crippen LogP contribution in [0.25, 0.3) is 11.3 Å². The van der Waals surface area contributed by atoms with Gasteiger partial charge >= 0.3 is 0 Å². The number of nitrogens with one attached hydrogen (secondary N) is 1. The van der Waals surface area contributed by atoms with Crippen LogP contribution in [0.15, 0.2) is 24.5 Å². The van der Waals surface area contributed by atoms with Crippen LogP contribution in [-0.2, 0) is 6.42 Å². The van der Waals surface area contributed by atoms with E-state index in [0.29, 0.717) is 4.64 Å². The molecule has 0 aliphatic carbocycles. The summed E-state index contributed by atoms with van der Waals surface area (Å²) >= 11 is 11.4. The molecule has 17 heavy (non-hydrogen) atoms. The molecule has 0 aliphatic heterocycles. The molecule has 1 aromatic heterocycles. The van der Waals surface area contributed by atoms with Gasteiger partial charge in [0.05, 0.1) is 12.0 Å². The predicted octanol–water partition coefficient (Wildman–Crippen LogP) is 4.33. The summed E-state index contributed by atoms with van der Waals surface area (Å²) in [6.45, 7) is 4.06. The van der Waals surface area contributed by atoms with Gasteiger partial charge in [0.25, 0.3) is 0 Å². The quantitative estimate of drug-likeness (QED) is 0.818. The second-order valence-corrected chi connectivity index (χ2v) is 4.67. The SMILES string of the molecule is CCc1c(-c2ccc(C)c(Cl)c2)[nH]cnc1=S. The number of hydrogen-bond acceptors (Lipinski definition) is 2. The van der Waals surface area contributed by atoms with Crippen LogP contribution in [0.2, 0.25) is 5.02 Å². The van der Waals surface area contributed by atoms with E-state index in [4.69, 9.17) is 23.8 Å². The Labute approximate surface area is 111 Å². The van der Waals surface area contributed by atoms with E-state index in [0.717, 1.165) is 33.8 Å². The van der Waals surface area contributed by atoms with Crippen LogP contribution in [0.3, 0.4) is 0 Å². The zero-order valence-corrected chi connectivity index (χ0v) is 11.3. The molecule has 0 saturated carbocycles. The number of aromatic amines is 1. The number of rotatable bonds is 2. The van der Waals surface area contributed by atoms with Crippen LogP contribution in [0.5, 0.6) is 0 Å². The number of hydrogen-bond donors (Lipinski definition) is 1. The Morgan fingerprint density at radius 1 is 1.41 bits per heavy atom. The Balaban J connectivity index is 2.64. The van der Waals surface area contributed by atoms with Gasteiger partial charge in [0.1, 0.15) is 4.64 Å². The molecule has 88 valence electrons. The Kier molecular flexibility index (Phi) is 3.60. The van der Waals surface area contributed by atoms with Gasteiger partial charge in [-0.05, 0) is 30.5 Å². The molecule has 0 unspecified atom stereocenters. The van der Waals surface area contributed by atoms with Gasteiger partial charge in [0, 0.05) is 10.6 Å². The monoisotopic (exact) mass is 264 g/mol. The highest BCUT2D eigenvalue weighted by atomic mass is 35.5. The zero-order chi connectivity index (χ0) is 12.4. The molecule has 4 heteroatoms. The lowest BCUT2D eigenvalue weighted by Gasteiger charge is -2.09. The Morgan fingerprint density at radius 3 is 2.82 bits per heavy atom. The van der Waals surface area contributed by atoms with E-state index in [1.165, 1.54) is 0 Å². The maximum Gasteiger partial charge on any atom is 0.133 e. The van der Waals surface area contributed by atoms with Gasteiger partial charge in [-0.2, -0.15) is 0 Å². The predicted molar refractivity (Wildman–Crippen MR) is 74.0 cm³/mol. The minimum absolute atomic E-state index is 0.651. The molecular formula is C13H13ClN2S. The molecule has 0 atom stereocenters. The van der Waals surface area contributed by atoms with Crippen molar-refractivity contribution in [1.29, 1.82) is 0 Å². The van der Waals surface area contributed by atoms with Crippen LogP contribution < -0.4 is 0 Å². The third-order valence-corrected chi connectivity index (χ3v) is 3.52. The second kappa shape index (κ2) is 4.98. The van der Waals surface area contributed by atoms with Crippen molar-refractivity contribution in [2.75, 3.05) is 0 Å². The van der Waals surface area contributed by atoms with Crippen molar-refractivity contribution in [1.82, 2.24) is 9.97 Å². The van der Waals surface area contributed by atoms with Gasteiger partial charge in [-0.25, -0.2) is 4.98 Å². The topological polar surface area (TPSA) is 28.7 Å². The third kappa shape index (κ3) is 2.40. The van der Waals surface area contributed by atoms with Crippen molar-refractivity contribution in [3.05, 3.63) is 45.3 Å². The largest absolute Gasteiger partial charge is 0.346 e. The van der Waals surface area contributed by atoms with Crippen molar-refractivity contribution < 1.29 is 0 Å². The van der Waals surface area contributed by atoms with Crippen molar-refractivity contribution in [3.63, 3.8) is 0 Å². The average molecular weight is 265 g/mol. The molecule has 1 heterocycles. The Morgan fingerprint density at radius 2 is 2.18 bits per heavy atom. The van der Waals surface area contributed by atoms with Crippen LogP contribution in [-0.4, -0.2) is 9.97 Å². The summed E-state index contributed by atoms with van der Waals surface area (Å²) in [4.78, 5) is 7.26. The van der Waals surface area contributed by atoms with Crippen LogP contribution in [0.1, 0.15) is 18.1 Å². The molecule has 0 saturated heterocycles. The van der Waals surface area contributed by atoms with Crippen molar-refractivity contribution in [2.45, 2.75) is 20.3 Å². The average Bonchev–Trinajstić information content (AvgIpc) is 2.32. The van der Waals surface area contributed by atoms with E-state index in [1.54, 1.807) is 6.33 Å². The number of nitrogens with zero attached hydrogens (tertiary/aromatic N) is 1. The van der Waals surface area contributed by atoms with Gasteiger partial charge in [-0.15, -0.1) is 0 Å². The van der Waals surface area contributed by atoms with Gasteiger partial charge in [0.2, 0.25) is 0 Å². The first-order valence-electron chi connectivity index (χ1n) is 5.46. The summed E-state index contributed by atoms with van der Waals surface area (Å²) in [5, 5.41) is 0.765. The standard InChI is InChI=1S/C13H13ClN2S/c1-3-10-12(15-7-16-13(10)17)9-5-4-8(2)11(14)6-9/h4-7H,3H2,1-2H3,(H,15,16,17). The van der Waals surface area contributed by atoms with E-state index in [9.17, 15) is 0 Å². The van der Waals surface area contributed by atoms with Gasteiger partial charge in [-0.1, -0.05) is 42.9 Å². The highest BCUT2D eigenvalue weighted by molar-refractivity contribution is 7.71. The van der Waals surface area contributed by atoms with Crippen LogP contribution in [0.4, 0.5) is 0 Å². The molecule has 2 rings (SSSR count). The summed E-state index contributed by atoms with van der Waals surface area (Å²) in [5.74, 6) is 0. The lowest BCUT2D eigenvalue weighted by Crippen LogP contribution is -1.95. The first-order chi connectivity index (χ1) is 8.13. The summed E-state index contributed by atoms with van der Waals surface area (Å²) in [6, 6.07) is 6.01. The normalized spacial score (nSPS) is 10.5. The molecule has 1 aromatic carbocycles. The number of aromatic nitrogens is 2. The summed E-state index contributed by atoms with van der Waals surface area (Å²) < 4.78 is 0.651. The molecule has 2 nitrogen and oxygen atoms in total. The van der Waals surface area contributed by atoms with E-state index in [-0.39, 0.29) is 0 Å². The van der Waals surface area contributed by atoms with E-state index in [1.807, 2.05) is 25.1 Å². The number of benzene rings is 1. The van der Waals surface area contributed by atoms with Crippen molar-refractivity contribution >= 4 is 23.8 Å². The molecule has 2 aromatic rings. The maximum atomic E-state index is 6.14. The minimum Gasteiger partial charge on any atom is -0.346 e. The fourth-order valence-electron chi connectivity index (χ4n) is 1.76. The van der Waals surface area contributed by atoms with Crippen molar-refractivity contribution in [2.24, 2.45) is 0 Å². The van der Waals surface area contributed by atoms with Crippen molar-refractivity contribution in [3.8, 4) is 11.3 Å². The Hall–Kier alpha value is -1.19. The lowest BCUT2D eigenvalue weighted by atomic mass is 10.0. The smallest absolute Gasteiger partial charge is 0.133 e. The Bertz CT molecular complexity index is 605. The summed E-state index contributed by atoms with van der Waals surface area (Å²) in [5.41, 5.74) is 4.18. The molecule has 0 bridgehead atoms. The first-order valence-corrected chi connectivity index (χ1v) is 6.25. The maximum absolute atomic E-state index is 6.14. The lowest BCUT2D eigenvalue weighted by molar-refractivity contribution is 1.04. The number of halogens is 1. The second-order valence-electron chi connectivity index (χ2n) is 3.88. The fraction of sp³-hybridized carbons (Fsp3) is 0.231. The first kappa shape index (κ1) is 12.3. The van der Waals surface area contributed by atoms with E-state index in [2.05, 4.69) is 16.9 Å². The highest BCUT2D eigenvalue weighted by Gasteiger charge is 2.07. The molecule has 0 fully saturated rings. The summed E-state index contributed by atoms with van der Waals surface area (Å²) in [7, 11) is 0. The molecule has 0 amide bonds. The number of aryl methyl sites for hydroxylation is 1. The van der Waals surface area contributed by atoms with Crippen LogP contribution >= 0.6 is 23.8 Å². The molecule has 0 aliphatic rings. The third-order valence-electron chi connectivity index (χ3n) is 2.76. The van der Waals surface area contributed by atoms with Gasteiger partial charge < -0.3 is 4.98 Å². The molecule has 0 radical (unpaired) electrons.